The Kier molecular flexibility index (Phi) is 5.10. The monoisotopic (exact) mass is 392 g/mol. The average Bonchev–Trinajstić information content (AvgIpc) is 3.25. The third-order valence-electron chi connectivity index (χ3n) is 4.85. The summed E-state index contributed by atoms with van der Waals surface area (Å²) in [4.78, 5) is 7.07. The molecule has 1 aromatic carbocycles. The molecule has 2 N–H and O–H groups in total. The topological polar surface area (TPSA) is 66.7 Å². The zero-order chi connectivity index (χ0) is 20.6. The number of rotatable bonds is 6. The number of aromatic nitrogens is 4. The van der Waals surface area contributed by atoms with Crippen LogP contribution in [0.5, 0.6) is 0 Å². The van der Waals surface area contributed by atoms with E-state index in [1.807, 2.05) is 24.4 Å². The van der Waals surface area contributed by atoms with Gasteiger partial charge in [-0.2, -0.15) is 18.3 Å². The van der Waals surface area contributed by atoms with Gasteiger partial charge in [-0.1, -0.05) is 26.0 Å². The third-order valence-corrected chi connectivity index (χ3v) is 4.85. The minimum absolute atomic E-state index is 0.153. The van der Waals surface area contributed by atoms with Gasteiger partial charge in [0.2, 0.25) is 0 Å². The fourth-order valence-corrected chi connectivity index (χ4v) is 2.98. The summed E-state index contributed by atoms with van der Waals surface area (Å²) < 4.78 is 40.9. The Morgan fingerprint density at radius 1 is 1.07 bits per heavy atom. The quantitative estimate of drug-likeness (QED) is 0.661. The minimum atomic E-state index is -4.31. The zero-order valence-electron chi connectivity index (χ0n) is 16.0. The molecule has 0 aliphatic heterocycles. The molecule has 0 bridgehead atoms. The summed E-state index contributed by atoms with van der Waals surface area (Å²) in [5.74, 6) is 0.439. The van der Waals surface area contributed by atoms with Crippen molar-refractivity contribution in [2.45, 2.75) is 45.4 Å². The van der Waals surface area contributed by atoms with Crippen LogP contribution in [-0.4, -0.2) is 31.0 Å². The lowest BCUT2D eigenvalue weighted by atomic mass is 9.87. The lowest BCUT2D eigenvalue weighted by Gasteiger charge is -2.27. The number of aromatic amines is 1. The van der Waals surface area contributed by atoms with E-state index in [9.17, 15) is 18.3 Å². The molecule has 3 rings (SSSR count). The van der Waals surface area contributed by atoms with Crippen molar-refractivity contribution < 1.29 is 18.3 Å². The van der Waals surface area contributed by atoms with E-state index in [2.05, 4.69) is 15.1 Å². The predicted molar refractivity (Wildman–Crippen MR) is 99.0 cm³/mol. The molecule has 0 spiro atoms. The van der Waals surface area contributed by atoms with E-state index in [0.29, 0.717) is 17.1 Å². The van der Waals surface area contributed by atoms with E-state index in [0.717, 1.165) is 19.5 Å². The van der Waals surface area contributed by atoms with Crippen molar-refractivity contribution >= 4 is 0 Å². The summed E-state index contributed by atoms with van der Waals surface area (Å²) in [6.07, 6.45) is 0.545. The second kappa shape index (κ2) is 7.09. The fraction of sp³-hybridized carbons (Fsp3) is 0.400. The molecule has 150 valence electrons. The lowest BCUT2D eigenvalue weighted by molar-refractivity contribution is -0.211. The number of hydrogen-bond donors (Lipinski definition) is 2. The fourth-order valence-electron chi connectivity index (χ4n) is 2.98. The highest BCUT2D eigenvalue weighted by atomic mass is 19.4. The van der Waals surface area contributed by atoms with Gasteiger partial charge in [0.15, 0.2) is 0 Å². The second-order valence-corrected chi connectivity index (χ2v) is 7.86. The highest BCUT2D eigenvalue weighted by Crippen LogP contribution is 2.40. The molecule has 0 radical (unpaired) electrons. The first-order valence-electron chi connectivity index (χ1n) is 8.90. The Labute approximate surface area is 161 Å². The molecular formula is C20H23F3N4O. The van der Waals surface area contributed by atoms with Gasteiger partial charge in [-0.05, 0) is 30.7 Å². The highest BCUT2D eigenvalue weighted by molar-refractivity contribution is 5.36. The largest absolute Gasteiger partial charge is 0.394 e. The van der Waals surface area contributed by atoms with Crippen molar-refractivity contribution in [3.63, 3.8) is 0 Å². The number of benzene rings is 1. The number of alkyl halides is 3. The predicted octanol–water partition coefficient (Wildman–Crippen LogP) is 4.18. The van der Waals surface area contributed by atoms with Crippen LogP contribution in [0.2, 0.25) is 0 Å². The van der Waals surface area contributed by atoms with E-state index in [4.69, 9.17) is 0 Å². The van der Waals surface area contributed by atoms with Crippen LogP contribution >= 0.6 is 0 Å². The number of nitrogens with zero attached hydrogens (tertiary/aromatic N) is 3. The Morgan fingerprint density at radius 2 is 1.75 bits per heavy atom. The van der Waals surface area contributed by atoms with Gasteiger partial charge in [0, 0.05) is 37.1 Å². The van der Waals surface area contributed by atoms with E-state index in [-0.39, 0.29) is 12.8 Å². The molecule has 8 heteroatoms. The molecule has 5 nitrogen and oxygen atoms in total. The van der Waals surface area contributed by atoms with Crippen LogP contribution < -0.4 is 0 Å². The lowest BCUT2D eigenvalue weighted by Crippen LogP contribution is -2.34. The molecule has 2 aromatic heterocycles. The summed E-state index contributed by atoms with van der Waals surface area (Å²) in [7, 11) is 0. The maximum atomic E-state index is 13.1. The second-order valence-electron chi connectivity index (χ2n) is 7.86. The maximum Gasteiger partial charge on any atom is 0.394 e. The summed E-state index contributed by atoms with van der Waals surface area (Å²) in [5, 5.41) is 15.0. The summed E-state index contributed by atoms with van der Waals surface area (Å²) >= 11 is 0. The van der Waals surface area contributed by atoms with Crippen molar-refractivity contribution in [1.82, 2.24) is 19.7 Å². The van der Waals surface area contributed by atoms with Crippen molar-refractivity contribution in [3.8, 4) is 5.69 Å². The maximum absolute atomic E-state index is 13.1. The van der Waals surface area contributed by atoms with Gasteiger partial charge in [0.1, 0.15) is 5.82 Å². The van der Waals surface area contributed by atoms with Crippen LogP contribution in [0.15, 0.2) is 48.9 Å². The van der Waals surface area contributed by atoms with Crippen LogP contribution in [-0.2, 0) is 18.4 Å². The van der Waals surface area contributed by atoms with E-state index >= 15 is 0 Å². The van der Waals surface area contributed by atoms with Gasteiger partial charge >= 0.3 is 6.18 Å². The number of halogens is 3. The Bertz CT molecular complexity index is 910. The standard InChI is InChI=1S/C20H23F3N4O/c1-18(2,20(21,22)23)11-15-13-24-17(26-15)12-19(3,28)14-5-7-16(8-6-14)27-10-4-9-25-27/h4-10,13,28H,11-12H2,1-3H3,(H,24,26). The van der Waals surface area contributed by atoms with Gasteiger partial charge in [-0.25, -0.2) is 9.67 Å². The van der Waals surface area contributed by atoms with Gasteiger partial charge < -0.3 is 10.1 Å². The number of aliphatic hydroxyl groups is 1. The number of nitrogens with one attached hydrogen (secondary N) is 1. The van der Waals surface area contributed by atoms with Gasteiger partial charge in [0.25, 0.3) is 0 Å². The van der Waals surface area contributed by atoms with E-state index < -0.39 is 17.2 Å². The number of hydrogen-bond acceptors (Lipinski definition) is 3. The molecule has 0 saturated heterocycles. The average molecular weight is 392 g/mol. The Balaban J connectivity index is 1.72. The van der Waals surface area contributed by atoms with Crippen molar-refractivity contribution in [1.29, 1.82) is 0 Å². The third kappa shape index (κ3) is 4.27. The molecule has 1 unspecified atom stereocenters. The van der Waals surface area contributed by atoms with Crippen molar-refractivity contribution in [2.75, 3.05) is 0 Å². The molecule has 0 fully saturated rings. The first kappa shape index (κ1) is 20.1. The first-order valence-corrected chi connectivity index (χ1v) is 8.90. The highest BCUT2D eigenvalue weighted by Gasteiger charge is 2.47. The van der Waals surface area contributed by atoms with Gasteiger partial charge in [-0.3, -0.25) is 0 Å². The normalized spacial score (nSPS) is 14.8. The summed E-state index contributed by atoms with van der Waals surface area (Å²) in [5.41, 5.74) is -1.16. The smallest absolute Gasteiger partial charge is 0.385 e. The number of imidazole rings is 1. The van der Waals surface area contributed by atoms with Crippen LogP contribution in [0.1, 0.15) is 37.9 Å². The molecule has 1 atom stereocenters. The van der Waals surface area contributed by atoms with Crippen LogP contribution in [0, 0.1) is 5.41 Å². The molecular weight excluding hydrogens is 369 g/mol. The molecule has 0 amide bonds. The molecule has 3 aromatic rings. The summed E-state index contributed by atoms with van der Waals surface area (Å²) in [6, 6.07) is 9.10. The molecule has 2 heterocycles. The Hall–Kier alpha value is -2.61. The van der Waals surface area contributed by atoms with Gasteiger partial charge in [-0.15, -0.1) is 0 Å². The minimum Gasteiger partial charge on any atom is -0.385 e. The van der Waals surface area contributed by atoms with Crippen molar-refractivity contribution in [2.24, 2.45) is 5.41 Å². The molecule has 0 aliphatic rings. The zero-order valence-corrected chi connectivity index (χ0v) is 16.0. The van der Waals surface area contributed by atoms with Crippen LogP contribution in [0.25, 0.3) is 5.69 Å². The number of H-pyrrole nitrogens is 1. The Morgan fingerprint density at radius 3 is 2.32 bits per heavy atom. The van der Waals surface area contributed by atoms with Crippen molar-refractivity contribution in [3.05, 3.63) is 66.0 Å². The van der Waals surface area contributed by atoms with E-state index in [1.165, 1.54) is 6.20 Å². The van der Waals surface area contributed by atoms with E-state index in [1.54, 1.807) is 29.9 Å². The van der Waals surface area contributed by atoms with Crippen LogP contribution in [0.3, 0.4) is 0 Å². The molecule has 28 heavy (non-hydrogen) atoms. The molecule has 0 saturated carbocycles. The molecule has 0 aliphatic carbocycles. The SMILES string of the molecule is CC(O)(Cc1ncc(CC(C)(C)C(F)(F)F)[nH]1)c1ccc(-n2cccn2)cc1. The summed E-state index contributed by atoms with van der Waals surface area (Å²) in [6.45, 7) is 3.97. The first-order chi connectivity index (χ1) is 13.0. The van der Waals surface area contributed by atoms with Crippen LogP contribution in [0.4, 0.5) is 13.2 Å². The van der Waals surface area contributed by atoms with Gasteiger partial charge in [0.05, 0.1) is 16.7 Å².